The molecule has 0 aromatic heterocycles. The number of ether oxygens (including phenoxy) is 1. The number of nitrogens with zero attached hydrogens (tertiary/aromatic N) is 1. The Morgan fingerprint density at radius 3 is 2.50 bits per heavy atom. The second-order valence-electron chi connectivity index (χ2n) is 6.00. The number of nitro benzene ring substituents is 1. The van der Waals surface area contributed by atoms with Crippen LogP contribution in [-0.4, -0.2) is 21.9 Å². The van der Waals surface area contributed by atoms with Gasteiger partial charge in [-0.25, -0.2) is 4.79 Å². The van der Waals surface area contributed by atoms with Gasteiger partial charge in [-0.1, -0.05) is 12.1 Å². The number of hydrogen-bond donors (Lipinski definition) is 2. The minimum atomic E-state index is -4.72. The molecule has 0 spiro atoms. The number of amides is 1. The van der Waals surface area contributed by atoms with E-state index in [0.29, 0.717) is 11.6 Å². The number of nitro groups is 1. The average Bonchev–Trinajstić information content (AvgIpc) is 2.64. The maximum absolute atomic E-state index is 12.8. The van der Waals surface area contributed by atoms with Crippen molar-refractivity contribution in [3.63, 3.8) is 0 Å². The van der Waals surface area contributed by atoms with Crippen LogP contribution in [-0.2, 0) is 22.4 Å². The number of carbonyl (C=O) groups excluding carboxylic acids is 1. The summed E-state index contributed by atoms with van der Waals surface area (Å²) in [4.78, 5) is 32.5. The van der Waals surface area contributed by atoms with E-state index in [0.717, 1.165) is 19.1 Å². The SMILES string of the molecule is CC(=O)N/C(=C/c1cccc(OCc2ccc(C(F)(F)F)cc2[N+](=O)[O-])c1)C(=O)O. The smallest absolute Gasteiger partial charge is 0.416 e. The molecule has 0 radical (unpaired) electrons. The van der Waals surface area contributed by atoms with Gasteiger partial charge in [-0.3, -0.25) is 14.9 Å². The van der Waals surface area contributed by atoms with Crippen molar-refractivity contribution in [2.75, 3.05) is 0 Å². The normalized spacial score (nSPS) is 11.7. The van der Waals surface area contributed by atoms with E-state index in [1.165, 1.54) is 30.3 Å². The zero-order valence-electron chi connectivity index (χ0n) is 15.4. The van der Waals surface area contributed by atoms with Gasteiger partial charge in [0.2, 0.25) is 5.91 Å². The molecule has 2 aromatic carbocycles. The Hall–Kier alpha value is -3.89. The Morgan fingerprint density at radius 2 is 1.93 bits per heavy atom. The van der Waals surface area contributed by atoms with E-state index in [2.05, 4.69) is 5.32 Å². The Bertz CT molecular complexity index is 1020. The van der Waals surface area contributed by atoms with E-state index in [4.69, 9.17) is 9.84 Å². The summed E-state index contributed by atoms with van der Waals surface area (Å²) in [6, 6.07) is 8.03. The monoisotopic (exact) mass is 424 g/mol. The Morgan fingerprint density at radius 1 is 1.23 bits per heavy atom. The third kappa shape index (κ3) is 6.06. The zero-order valence-corrected chi connectivity index (χ0v) is 15.4. The van der Waals surface area contributed by atoms with Crippen molar-refractivity contribution >= 4 is 23.6 Å². The lowest BCUT2D eigenvalue weighted by Gasteiger charge is -2.10. The first-order valence-electron chi connectivity index (χ1n) is 8.27. The number of nitrogens with one attached hydrogen (secondary N) is 1. The molecule has 2 rings (SSSR count). The van der Waals surface area contributed by atoms with Crippen LogP contribution in [0, 0.1) is 10.1 Å². The van der Waals surface area contributed by atoms with Crippen LogP contribution in [0.5, 0.6) is 5.75 Å². The molecule has 30 heavy (non-hydrogen) atoms. The van der Waals surface area contributed by atoms with Gasteiger partial charge in [0.1, 0.15) is 18.1 Å². The van der Waals surface area contributed by atoms with Crippen molar-refractivity contribution in [2.45, 2.75) is 19.7 Å². The maximum atomic E-state index is 12.8. The molecule has 0 saturated heterocycles. The molecule has 2 aromatic rings. The first-order chi connectivity index (χ1) is 14.0. The highest BCUT2D eigenvalue weighted by molar-refractivity contribution is 5.96. The molecular weight excluding hydrogens is 409 g/mol. The molecule has 0 aliphatic rings. The molecule has 2 N–H and O–H groups in total. The van der Waals surface area contributed by atoms with Crippen molar-refractivity contribution in [3.05, 3.63) is 75.0 Å². The molecule has 0 fully saturated rings. The Labute approximate surface area is 167 Å². The molecule has 0 atom stereocenters. The average molecular weight is 424 g/mol. The van der Waals surface area contributed by atoms with E-state index in [-0.39, 0.29) is 23.6 Å². The van der Waals surface area contributed by atoms with E-state index in [1.807, 2.05) is 0 Å². The second kappa shape index (κ2) is 9.07. The number of carboxylic acids is 1. The highest BCUT2D eigenvalue weighted by atomic mass is 19.4. The van der Waals surface area contributed by atoms with Crippen LogP contribution in [0.15, 0.2) is 48.2 Å². The number of benzene rings is 2. The van der Waals surface area contributed by atoms with Gasteiger partial charge < -0.3 is 15.2 Å². The van der Waals surface area contributed by atoms with Crippen molar-refractivity contribution in [2.24, 2.45) is 0 Å². The number of hydrogen-bond acceptors (Lipinski definition) is 5. The van der Waals surface area contributed by atoms with E-state index < -0.39 is 34.2 Å². The Balaban J connectivity index is 2.25. The molecule has 0 aliphatic heterocycles. The summed E-state index contributed by atoms with van der Waals surface area (Å²) < 4.78 is 43.7. The van der Waals surface area contributed by atoms with Crippen LogP contribution >= 0.6 is 0 Å². The molecule has 0 aliphatic carbocycles. The lowest BCUT2D eigenvalue weighted by Crippen LogP contribution is -2.24. The lowest BCUT2D eigenvalue weighted by molar-refractivity contribution is -0.386. The van der Waals surface area contributed by atoms with Gasteiger partial charge in [-0.15, -0.1) is 0 Å². The highest BCUT2D eigenvalue weighted by Gasteiger charge is 2.33. The molecule has 8 nitrogen and oxygen atoms in total. The summed E-state index contributed by atoms with van der Waals surface area (Å²) in [7, 11) is 0. The summed E-state index contributed by atoms with van der Waals surface area (Å²) in [5, 5.41) is 22.4. The number of rotatable bonds is 7. The molecule has 0 bridgehead atoms. The van der Waals surface area contributed by atoms with Crippen LogP contribution in [0.4, 0.5) is 18.9 Å². The van der Waals surface area contributed by atoms with E-state index >= 15 is 0 Å². The summed E-state index contributed by atoms with van der Waals surface area (Å²) in [5.41, 5.74) is -1.99. The molecule has 1 amide bonds. The number of carboxylic acid groups (broad SMARTS) is 1. The maximum Gasteiger partial charge on any atom is 0.416 e. The van der Waals surface area contributed by atoms with Gasteiger partial charge in [0.15, 0.2) is 0 Å². The number of aliphatic carboxylic acids is 1. The minimum absolute atomic E-state index is 0.0709. The van der Waals surface area contributed by atoms with Crippen LogP contribution in [0.3, 0.4) is 0 Å². The first-order valence-corrected chi connectivity index (χ1v) is 8.27. The van der Waals surface area contributed by atoms with Crippen LogP contribution in [0.25, 0.3) is 6.08 Å². The van der Waals surface area contributed by atoms with Gasteiger partial charge in [0, 0.05) is 13.0 Å². The predicted octanol–water partition coefficient (Wildman–Crippen LogP) is 3.75. The van der Waals surface area contributed by atoms with Crippen molar-refractivity contribution in [1.29, 1.82) is 0 Å². The zero-order chi connectivity index (χ0) is 22.5. The largest absolute Gasteiger partial charge is 0.489 e. The summed E-state index contributed by atoms with van der Waals surface area (Å²) in [5.74, 6) is -1.76. The van der Waals surface area contributed by atoms with Gasteiger partial charge in [-0.2, -0.15) is 13.2 Å². The topological polar surface area (TPSA) is 119 Å². The molecule has 0 saturated carbocycles. The van der Waals surface area contributed by atoms with Crippen molar-refractivity contribution in [1.82, 2.24) is 5.32 Å². The summed E-state index contributed by atoms with van der Waals surface area (Å²) in [6.07, 6.45) is -3.54. The lowest BCUT2D eigenvalue weighted by atomic mass is 10.1. The van der Waals surface area contributed by atoms with E-state index in [9.17, 15) is 32.9 Å². The van der Waals surface area contributed by atoms with Gasteiger partial charge in [0.05, 0.1) is 16.1 Å². The minimum Gasteiger partial charge on any atom is -0.489 e. The highest BCUT2D eigenvalue weighted by Crippen LogP contribution is 2.33. The van der Waals surface area contributed by atoms with Crippen molar-refractivity contribution < 1.29 is 37.5 Å². The Kier molecular flexibility index (Phi) is 6.77. The fraction of sp³-hybridized carbons (Fsp3) is 0.158. The van der Waals surface area contributed by atoms with Crippen LogP contribution < -0.4 is 10.1 Å². The quantitative estimate of drug-likeness (QED) is 0.397. The van der Waals surface area contributed by atoms with Crippen LogP contribution in [0.1, 0.15) is 23.6 Å². The van der Waals surface area contributed by atoms with E-state index in [1.54, 1.807) is 0 Å². The van der Waals surface area contributed by atoms with Gasteiger partial charge >= 0.3 is 12.1 Å². The first kappa shape index (κ1) is 22.4. The number of carbonyl (C=O) groups is 2. The second-order valence-corrected chi connectivity index (χ2v) is 6.00. The number of halogens is 3. The standard InChI is InChI=1S/C19H15F3N2O6/c1-11(25)23-16(18(26)27)8-12-3-2-4-15(7-12)30-10-13-5-6-14(19(20,21)22)9-17(13)24(28)29/h2-9H,10H2,1H3,(H,23,25)(H,26,27)/b16-8+. The summed E-state index contributed by atoms with van der Waals surface area (Å²) >= 11 is 0. The summed E-state index contributed by atoms with van der Waals surface area (Å²) in [6.45, 7) is 0.756. The molecule has 0 unspecified atom stereocenters. The molecule has 11 heteroatoms. The molecular formula is C19H15F3N2O6. The van der Waals surface area contributed by atoms with Gasteiger partial charge in [0.25, 0.3) is 5.69 Å². The van der Waals surface area contributed by atoms with Crippen molar-refractivity contribution in [3.8, 4) is 5.75 Å². The fourth-order valence-corrected chi connectivity index (χ4v) is 2.39. The molecule has 0 heterocycles. The third-order valence-electron chi connectivity index (χ3n) is 3.71. The molecule has 158 valence electrons. The fourth-order valence-electron chi connectivity index (χ4n) is 2.39. The number of alkyl halides is 3. The van der Waals surface area contributed by atoms with Gasteiger partial charge in [-0.05, 0) is 35.9 Å². The predicted molar refractivity (Wildman–Crippen MR) is 98.3 cm³/mol. The third-order valence-corrected chi connectivity index (χ3v) is 3.71. The van der Waals surface area contributed by atoms with Crippen LogP contribution in [0.2, 0.25) is 0 Å².